The van der Waals surface area contributed by atoms with Crippen LogP contribution in [0.4, 0.5) is 22.0 Å². The molecule has 0 bridgehead atoms. The first-order valence-electron chi connectivity index (χ1n) is 10.8. The third kappa shape index (κ3) is 4.87. The van der Waals surface area contributed by atoms with E-state index in [1.807, 2.05) is 7.05 Å². The van der Waals surface area contributed by atoms with Crippen molar-refractivity contribution in [3.05, 3.63) is 77.0 Å². The minimum Gasteiger partial charge on any atom is -0.373 e. The molecule has 1 saturated heterocycles. The quantitative estimate of drug-likeness (QED) is 0.416. The Morgan fingerprint density at radius 3 is 2.48 bits per heavy atom. The zero-order chi connectivity index (χ0) is 23.8. The Labute approximate surface area is 189 Å². The van der Waals surface area contributed by atoms with E-state index in [0.29, 0.717) is 48.0 Å². The molecule has 1 unspecified atom stereocenters. The maximum absolute atomic E-state index is 14.8. The van der Waals surface area contributed by atoms with Crippen LogP contribution >= 0.6 is 0 Å². The SMILES string of the molecule is CC(OCC1(c2ccc(F)cc2F)CCN(C)CC1)c1cc(C(F)(F)F)cc2cccnc12. The van der Waals surface area contributed by atoms with Gasteiger partial charge < -0.3 is 9.64 Å². The van der Waals surface area contributed by atoms with Gasteiger partial charge in [-0.3, -0.25) is 4.98 Å². The van der Waals surface area contributed by atoms with Crippen molar-refractivity contribution >= 4 is 10.9 Å². The number of hydrogen-bond donors (Lipinski definition) is 0. The highest BCUT2D eigenvalue weighted by molar-refractivity contribution is 5.83. The zero-order valence-electron chi connectivity index (χ0n) is 18.4. The molecule has 0 spiro atoms. The average Bonchev–Trinajstić information content (AvgIpc) is 2.77. The van der Waals surface area contributed by atoms with Gasteiger partial charge >= 0.3 is 6.18 Å². The van der Waals surface area contributed by atoms with Gasteiger partial charge in [-0.2, -0.15) is 13.2 Å². The third-order valence-corrected chi connectivity index (χ3v) is 6.56. The maximum Gasteiger partial charge on any atom is 0.416 e. The van der Waals surface area contributed by atoms with E-state index in [-0.39, 0.29) is 6.61 Å². The highest BCUT2D eigenvalue weighted by atomic mass is 19.4. The number of piperidine rings is 1. The van der Waals surface area contributed by atoms with Crippen LogP contribution in [0.25, 0.3) is 10.9 Å². The van der Waals surface area contributed by atoms with E-state index < -0.39 is 34.9 Å². The zero-order valence-corrected chi connectivity index (χ0v) is 18.4. The summed E-state index contributed by atoms with van der Waals surface area (Å²) in [7, 11) is 1.97. The van der Waals surface area contributed by atoms with E-state index in [2.05, 4.69) is 9.88 Å². The lowest BCUT2D eigenvalue weighted by Gasteiger charge is -2.41. The maximum atomic E-state index is 14.8. The summed E-state index contributed by atoms with van der Waals surface area (Å²) < 4.78 is 74.9. The fourth-order valence-electron chi connectivity index (χ4n) is 4.53. The second-order valence-electron chi connectivity index (χ2n) is 8.80. The summed E-state index contributed by atoms with van der Waals surface area (Å²) in [6.07, 6.45) is -2.53. The van der Waals surface area contributed by atoms with Gasteiger partial charge in [0.05, 0.1) is 23.8 Å². The molecule has 1 aromatic heterocycles. The van der Waals surface area contributed by atoms with E-state index in [4.69, 9.17) is 4.74 Å². The van der Waals surface area contributed by atoms with Crippen molar-refractivity contribution in [2.45, 2.75) is 37.5 Å². The fourth-order valence-corrected chi connectivity index (χ4v) is 4.53. The molecular weight excluding hydrogens is 439 g/mol. The number of benzene rings is 2. The first-order chi connectivity index (χ1) is 15.6. The molecule has 2 aromatic carbocycles. The normalized spacial score (nSPS) is 17.9. The molecule has 0 saturated carbocycles. The van der Waals surface area contributed by atoms with Crippen LogP contribution in [0.3, 0.4) is 0 Å². The van der Waals surface area contributed by atoms with Crippen LogP contribution < -0.4 is 0 Å². The molecule has 0 amide bonds. The number of fused-ring (bicyclic) bond motifs is 1. The van der Waals surface area contributed by atoms with Crippen molar-refractivity contribution in [1.29, 1.82) is 0 Å². The van der Waals surface area contributed by atoms with Gasteiger partial charge in [-0.05, 0) is 69.7 Å². The number of nitrogens with zero attached hydrogens (tertiary/aromatic N) is 2. The predicted molar refractivity (Wildman–Crippen MR) is 116 cm³/mol. The average molecular weight is 464 g/mol. The minimum absolute atomic E-state index is 0.0924. The number of hydrogen-bond acceptors (Lipinski definition) is 3. The van der Waals surface area contributed by atoms with Gasteiger partial charge in [0.1, 0.15) is 11.6 Å². The molecule has 0 radical (unpaired) electrons. The summed E-state index contributed by atoms with van der Waals surface area (Å²) in [6, 6.07) is 8.86. The smallest absolute Gasteiger partial charge is 0.373 e. The molecular formula is C25H25F5N2O. The summed E-state index contributed by atoms with van der Waals surface area (Å²) in [6.45, 7) is 3.16. The topological polar surface area (TPSA) is 25.4 Å². The Balaban J connectivity index is 1.67. The first-order valence-corrected chi connectivity index (χ1v) is 10.8. The van der Waals surface area contributed by atoms with Crippen LogP contribution in [-0.4, -0.2) is 36.6 Å². The number of ether oxygens (including phenoxy) is 1. The fraction of sp³-hybridized carbons (Fsp3) is 0.400. The van der Waals surface area contributed by atoms with Crippen LogP contribution in [0.5, 0.6) is 0 Å². The summed E-state index contributed by atoms with van der Waals surface area (Å²) in [5.41, 5.74) is -0.349. The van der Waals surface area contributed by atoms with Crippen LogP contribution in [0.15, 0.2) is 48.7 Å². The summed E-state index contributed by atoms with van der Waals surface area (Å²) in [5, 5.41) is 0.372. The predicted octanol–water partition coefficient (Wildman–Crippen LogP) is 6.27. The van der Waals surface area contributed by atoms with Crippen LogP contribution in [0.2, 0.25) is 0 Å². The van der Waals surface area contributed by atoms with Crippen molar-refractivity contribution in [2.24, 2.45) is 0 Å². The Hall–Kier alpha value is -2.58. The number of aromatic nitrogens is 1. The monoisotopic (exact) mass is 464 g/mol. The second-order valence-corrected chi connectivity index (χ2v) is 8.80. The summed E-state index contributed by atoms with van der Waals surface area (Å²) in [5.74, 6) is -1.29. The van der Waals surface area contributed by atoms with Gasteiger partial charge in [0.15, 0.2) is 0 Å². The summed E-state index contributed by atoms with van der Waals surface area (Å²) in [4.78, 5) is 6.39. The van der Waals surface area contributed by atoms with Crippen molar-refractivity contribution in [3.63, 3.8) is 0 Å². The molecule has 1 aliphatic heterocycles. The number of likely N-dealkylation sites (tertiary alicyclic amines) is 1. The largest absolute Gasteiger partial charge is 0.416 e. The van der Waals surface area contributed by atoms with Gasteiger partial charge in [-0.25, -0.2) is 8.78 Å². The van der Waals surface area contributed by atoms with Crippen molar-refractivity contribution in [2.75, 3.05) is 26.7 Å². The molecule has 176 valence electrons. The van der Waals surface area contributed by atoms with Gasteiger partial charge in [-0.1, -0.05) is 12.1 Å². The lowest BCUT2D eigenvalue weighted by atomic mass is 9.73. The van der Waals surface area contributed by atoms with Gasteiger partial charge in [0, 0.05) is 28.6 Å². The Bertz CT molecular complexity index is 1140. The molecule has 1 atom stereocenters. The number of halogens is 5. The molecule has 4 rings (SSSR count). The third-order valence-electron chi connectivity index (χ3n) is 6.56. The highest BCUT2D eigenvalue weighted by Crippen LogP contribution is 2.40. The van der Waals surface area contributed by atoms with Crippen LogP contribution in [-0.2, 0) is 16.3 Å². The molecule has 2 heterocycles. The number of rotatable bonds is 5. The van der Waals surface area contributed by atoms with Crippen LogP contribution in [0, 0.1) is 11.6 Å². The molecule has 8 heteroatoms. The van der Waals surface area contributed by atoms with Gasteiger partial charge in [-0.15, -0.1) is 0 Å². The van der Waals surface area contributed by atoms with Crippen molar-refractivity contribution < 1.29 is 26.7 Å². The van der Waals surface area contributed by atoms with E-state index >= 15 is 0 Å². The minimum atomic E-state index is -4.51. The van der Waals surface area contributed by atoms with Crippen molar-refractivity contribution in [1.82, 2.24) is 9.88 Å². The molecule has 3 aromatic rings. The van der Waals surface area contributed by atoms with Crippen LogP contribution in [0.1, 0.15) is 42.6 Å². The summed E-state index contributed by atoms with van der Waals surface area (Å²) >= 11 is 0. The van der Waals surface area contributed by atoms with Gasteiger partial charge in [0.2, 0.25) is 0 Å². The highest BCUT2D eigenvalue weighted by Gasteiger charge is 2.39. The molecule has 0 N–H and O–H groups in total. The lowest BCUT2D eigenvalue weighted by molar-refractivity contribution is -0.137. The molecule has 0 aliphatic carbocycles. The molecule has 33 heavy (non-hydrogen) atoms. The Kier molecular flexibility index (Phi) is 6.42. The van der Waals surface area contributed by atoms with E-state index in [1.54, 1.807) is 19.1 Å². The van der Waals surface area contributed by atoms with Crippen molar-refractivity contribution in [3.8, 4) is 0 Å². The van der Waals surface area contributed by atoms with E-state index in [1.165, 1.54) is 18.3 Å². The van der Waals surface area contributed by atoms with E-state index in [9.17, 15) is 22.0 Å². The molecule has 3 nitrogen and oxygen atoms in total. The Morgan fingerprint density at radius 2 is 1.82 bits per heavy atom. The number of pyridine rings is 1. The first kappa shape index (κ1) is 23.6. The van der Waals surface area contributed by atoms with E-state index in [0.717, 1.165) is 18.2 Å². The molecule has 1 aliphatic rings. The van der Waals surface area contributed by atoms with Gasteiger partial charge in [0.25, 0.3) is 0 Å². The standard InChI is InChI=1S/C25H25F5N2O/c1-16(20-13-18(25(28,29)30)12-17-4-3-9-31-23(17)20)33-15-24(7-10-32(2)11-8-24)21-6-5-19(26)14-22(21)27/h3-6,9,12-14,16H,7-8,10-11,15H2,1-2H3. The Morgan fingerprint density at radius 1 is 1.09 bits per heavy atom. The lowest BCUT2D eigenvalue weighted by Crippen LogP contribution is -2.44. The number of alkyl halides is 3. The molecule has 1 fully saturated rings. The second kappa shape index (κ2) is 8.99.